The lowest BCUT2D eigenvalue weighted by Gasteiger charge is -1.96. The van der Waals surface area contributed by atoms with E-state index in [1.807, 2.05) is 6.07 Å². The van der Waals surface area contributed by atoms with Crippen LogP contribution in [0.15, 0.2) is 49.7 Å². The molecule has 0 aliphatic carbocycles. The van der Waals surface area contributed by atoms with Crippen LogP contribution in [0.1, 0.15) is 5.56 Å². The van der Waals surface area contributed by atoms with E-state index in [1.54, 1.807) is 24.4 Å². The molecular formula is C13H9N3O3S. The third-order valence-corrected chi connectivity index (χ3v) is 3.45. The molecule has 6 nitrogen and oxygen atoms in total. The van der Waals surface area contributed by atoms with Gasteiger partial charge in [-0.15, -0.1) is 5.10 Å². The van der Waals surface area contributed by atoms with Crippen molar-refractivity contribution < 1.29 is 9.21 Å². The molecule has 0 unspecified atom stereocenters. The average Bonchev–Trinajstić information content (AvgIpc) is 2.85. The maximum Gasteiger partial charge on any atom is 0.336 e. The molecule has 1 aliphatic rings. The van der Waals surface area contributed by atoms with Gasteiger partial charge in [0, 0.05) is 11.5 Å². The standard InChI is InChI=1S/C13H9N3O3S/c17-11-7-20-13(15-11)16-14-6-8-1-3-10-9(5-8)2-4-12(18)19-10/h1-6H,7H2,(H,15,16,17). The number of nitrogens with zero attached hydrogens (tertiary/aromatic N) is 2. The van der Waals surface area contributed by atoms with Gasteiger partial charge in [-0.2, -0.15) is 5.10 Å². The van der Waals surface area contributed by atoms with Gasteiger partial charge in [0.2, 0.25) is 5.91 Å². The van der Waals surface area contributed by atoms with Crippen LogP contribution in [-0.4, -0.2) is 23.0 Å². The highest BCUT2D eigenvalue weighted by molar-refractivity contribution is 8.15. The van der Waals surface area contributed by atoms with E-state index in [4.69, 9.17) is 4.42 Å². The quantitative estimate of drug-likeness (QED) is 0.513. The molecule has 1 aromatic carbocycles. The van der Waals surface area contributed by atoms with E-state index in [0.717, 1.165) is 10.9 Å². The van der Waals surface area contributed by atoms with Gasteiger partial charge in [0.1, 0.15) is 5.58 Å². The summed E-state index contributed by atoms with van der Waals surface area (Å²) in [6, 6.07) is 8.38. The number of hydrogen-bond acceptors (Lipinski definition) is 6. The third kappa shape index (κ3) is 2.77. The number of fused-ring (bicyclic) bond motifs is 1. The lowest BCUT2D eigenvalue weighted by Crippen LogP contribution is -2.19. The lowest BCUT2D eigenvalue weighted by molar-refractivity contribution is -0.116. The van der Waals surface area contributed by atoms with Crippen LogP contribution in [0.25, 0.3) is 11.0 Å². The summed E-state index contributed by atoms with van der Waals surface area (Å²) in [6.07, 6.45) is 1.57. The van der Waals surface area contributed by atoms with Crippen LogP contribution in [0.4, 0.5) is 0 Å². The Kier molecular flexibility index (Phi) is 3.34. The number of nitrogens with one attached hydrogen (secondary N) is 1. The van der Waals surface area contributed by atoms with E-state index in [1.165, 1.54) is 17.8 Å². The average molecular weight is 287 g/mol. The van der Waals surface area contributed by atoms with Gasteiger partial charge >= 0.3 is 5.63 Å². The zero-order chi connectivity index (χ0) is 13.9. The Hall–Kier alpha value is -2.41. The van der Waals surface area contributed by atoms with E-state index in [2.05, 4.69) is 15.5 Å². The van der Waals surface area contributed by atoms with Gasteiger partial charge in [-0.1, -0.05) is 11.8 Å². The molecule has 2 heterocycles. The molecule has 0 spiro atoms. The highest BCUT2D eigenvalue weighted by Gasteiger charge is 2.15. The molecule has 3 rings (SSSR count). The van der Waals surface area contributed by atoms with Crippen molar-refractivity contribution in [1.82, 2.24) is 5.32 Å². The van der Waals surface area contributed by atoms with E-state index < -0.39 is 0 Å². The van der Waals surface area contributed by atoms with Gasteiger partial charge < -0.3 is 9.73 Å². The van der Waals surface area contributed by atoms with Crippen molar-refractivity contribution in [2.75, 3.05) is 5.75 Å². The van der Waals surface area contributed by atoms with Gasteiger partial charge in [-0.05, 0) is 29.8 Å². The van der Waals surface area contributed by atoms with E-state index in [9.17, 15) is 9.59 Å². The first kappa shape index (κ1) is 12.6. The summed E-state index contributed by atoms with van der Waals surface area (Å²) in [6.45, 7) is 0. The zero-order valence-corrected chi connectivity index (χ0v) is 11.0. The van der Waals surface area contributed by atoms with Crippen molar-refractivity contribution in [2.24, 2.45) is 10.2 Å². The van der Waals surface area contributed by atoms with Crippen LogP contribution in [0.2, 0.25) is 0 Å². The van der Waals surface area contributed by atoms with Crippen molar-refractivity contribution in [3.8, 4) is 0 Å². The molecule has 0 saturated carbocycles. The highest BCUT2D eigenvalue weighted by atomic mass is 32.2. The minimum atomic E-state index is -0.376. The normalized spacial score (nSPS) is 17.2. The second-order valence-electron chi connectivity index (χ2n) is 4.04. The molecule has 1 N–H and O–H groups in total. The number of carbonyl (C=O) groups excluding carboxylic acids is 1. The maximum atomic E-state index is 11.1. The SMILES string of the molecule is O=C1CSC(=NN=Cc2ccc3oc(=O)ccc3c2)N1. The van der Waals surface area contributed by atoms with Crippen LogP contribution in [-0.2, 0) is 4.79 Å². The largest absolute Gasteiger partial charge is 0.423 e. The van der Waals surface area contributed by atoms with Crippen molar-refractivity contribution in [1.29, 1.82) is 0 Å². The summed E-state index contributed by atoms with van der Waals surface area (Å²) >= 11 is 1.32. The topological polar surface area (TPSA) is 84.0 Å². The van der Waals surface area contributed by atoms with Gasteiger partial charge in [0.15, 0.2) is 5.17 Å². The molecule has 0 atom stereocenters. The predicted molar refractivity (Wildman–Crippen MR) is 78.1 cm³/mol. The summed E-state index contributed by atoms with van der Waals surface area (Å²) < 4.78 is 5.04. The Morgan fingerprint density at radius 1 is 1.25 bits per heavy atom. The number of benzene rings is 1. The van der Waals surface area contributed by atoms with Gasteiger partial charge in [0.25, 0.3) is 0 Å². The van der Waals surface area contributed by atoms with Crippen molar-refractivity contribution in [2.45, 2.75) is 0 Å². The van der Waals surface area contributed by atoms with Crippen LogP contribution < -0.4 is 10.9 Å². The number of hydrogen-bond donors (Lipinski definition) is 1. The Labute approximate surface area is 117 Å². The molecule has 1 saturated heterocycles. The summed E-state index contributed by atoms with van der Waals surface area (Å²) in [5.41, 5.74) is 0.976. The number of rotatable bonds is 2. The van der Waals surface area contributed by atoms with E-state index in [0.29, 0.717) is 16.5 Å². The Bertz CT molecular complexity index is 795. The van der Waals surface area contributed by atoms with Crippen LogP contribution in [0.3, 0.4) is 0 Å². The molecule has 7 heteroatoms. The first-order chi connectivity index (χ1) is 9.70. The van der Waals surface area contributed by atoms with Crippen molar-refractivity contribution in [3.63, 3.8) is 0 Å². The monoisotopic (exact) mass is 287 g/mol. The first-order valence-corrected chi connectivity index (χ1v) is 6.77. The lowest BCUT2D eigenvalue weighted by atomic mass is 10.1. The summed E-state index contributed by atoms with van der Waals surface area (Å²) in [5.74, 6) is 0.313. The van der Waals surface area contributed by atoms with E-state index >= 15 is 0 Å². The summed E-state index contributed by atoms with van der Waals surface area (Å²) in [5, 5.41) is 11.7. The summed E-state index contributed by atoms with van der Waals surface area (Å²) in [7, 11) is 0. The van der Waals surface area contributed by atoms with E-state index in [-0.39, 0.29) is 11.5 Å². The second kappa shape index (κ2) is 5.30. The fourth-order valence-corrected chi connectivity index (χ4v) is 2.33. The molecular weight excluding hydrogens is 278 g/mol. The molecule has 0 bridgehead atoms. The minimum Gasteiger partial charge on any atom is -0.423 e. The number of thioether (sulfide) groups is 1. The highest BCUT2D eigenvalue weighted by Crippen LogP contribution is 2.13. The first-order valence-electron chi connectivity index (χ1n) is 5.78. The summed E-state index contributed by atoms with van der Waals surface area (Å²) in [4.78, 5) is 22.0. The van der Waals surface area contributed by atoms with Gasteiger partial charge in [0.05, 0.1) is 12.0 Å². The molecule has 1 fully saturated rings. The predicted octanol–water partition coefficient (Wildman–Crippen LogP) is 1.35. The fraction of sp³-hybridized carbons (Fsp3) is 0.0769. The van der Waals surface area contributed by atoms with Crippen LogP contribution in [0.5, 0.6) is 0 Å². The minimum absolute atomic E-state index is 0.0651. The molecule has 2 aromatic rings. The fourth-order valence-electron chi connectivity index (χ4n) is 1.70. The second-order valence-corrected chi connectivity index (χ2v) is 5.00. The Morgan fingerprint density at radius 2 is 2.15 bits per heavy atom. The molecule has 1 amide bonds. The molecule has 0 radical (unpaired) electrons. The zero-order valence-electron chi connectivity index (χ0n) is 10.2. The third-order valence-electron chi connectivity index (χ3n) is 2.59. The van der Waals surface area contributed by atoms with Crippen molar-refractivity contribution in [3.05, 3.63) is 46.3 Å². The van der Waals surface area contributed by atoms with Crippen LogP contribution in [0, 0.1) is 0 Å². The molecule has 20 heavy (non-hydrogen) atoms. The number of amides is 1. The van der Waals surface area contributed by atoms with Crippen molar-refractivity contribution >= 4 is 40.0 Å². The maximum absolute atomic E-state index is 11.1. The molecule has 1 aliphatic heterocycles. The van der Waals surface area contributed by atoms with Crippen LogP contribution >= 0.6 is 11.8 Å². The Morgan fingerprint density at radius 3 is 2.95 bits per heavy atom. The Balaban J connectivity index is 1.82. The van der Waals surface area contributed by atoms with Gasteiger partial charge in [-0.25, -0.2) is 4.79 Å². The number of carbonyl (C=O) groups is 1. The smallest absolute Gasteiger partial charge is 0.336 e. The molecule has 100 valence electrons. The number of amidine groups is 1. The van der Waals surface area contributed by atoms with Gasteiger partial charge in [-0.3, -0.25) is 4.79 Å². The molecule has 1 aromatic heterocycles.